The number of carboxylic acids is 1. The Labute approximate surface area is 118 Å². The van der Waals surface area contributed by atoms with Gasteiger partial charge in [0.25, 0.3) is 0 Å². The van der Waals surface area contributed by atoms with Gasteiger partial charge in [-0.1, -0.05) is 36.4 Å². The summed E-state index contributed by atoms with van der Waals surface area (Å²) in [6.07, 6.45) is -4.89. The predicted octanol–water partition coefficient (Wildman–Crippen LogP) is 3.88. The second-order valence-corrected chi connectivity index (χ2v) is 4.35. The van der Waals surface area contributed by atoms with Crippen molar-refractivity contribution >= 4 is 5.97 Å². The zero-order valence-corrected chi connectivity index (χ0v) is 10.7. The van der Waals surface area contributed by atoms with Gasteiger partial charge in [-0.3, -0.25) is 4.79 Å². The first kappa shape index (κ1) is 14.9. The fraction of sp³-hybridized carbons (Fsp3) is 0.133. The van der Waals surface area contributed by atoms with E-state index in [0.29, 0.717) is 16.7 Å². The van der Waals surface area contributed by atoms with Crippen LogP contribution >= 0.6 is 0 Å². The molecule has 0 bridgehead atoms. The third kappa shape index (κ3) is 4.52. The number of carbonyl (C=O) groups is 1. The SMILES string of the molecule is O=C(O)Cc1cccc(-c2cccc(OC(F)(F)F)c2)c1. The lowest BCUT2D eigenvalue weighted by atomic mass is 10.0. The highest BCUT2D eigenvalue weighted by Gasteiger charge is 2.31. The molecule has 0 aliphatic rings. The minimum absolute atomic E-state index is 0.146. The molecule has 2 aromatic carbocycles. The summed E-state index contributed by atoms with van der Waals surface area (Å²) in [5.41, 5.74) is 1.72. The van der Waals surface area contributed by atoms with Crippen molar-refractivity contribution in [1.82, 2.24) is 0 Å². The first-order valence-corrected chi connectivity index (χ1v) is 6.00. The molecule has 110 valence electrons. The van der Waals surface area contributed by atoms with Crippen molar-refractivity contribution in [3.63, 3.8) is 0 Å². The Morgan fingerprint density at radius 2 is 1.67 bits per heavy atom. The Bertz CT molecular complexity index is 651. The molecule has 0 aliphatic carbocycles. The molecule has 0 fully saturated rings. The lowest BCUT2D eigenvalue weighted by Crippen LogP contribution is -2.17. The van der Waals surface area contributed by atoms with Gasteiger partial charge < -0.3 is 9.84 Å². The van der Waals surface area contributed by atoms with Crippen LogP contribution in [0.15, 0.2) is 48.5 Å². The molecule has 2 aromatic rings. The van der Waals surface area contributed by atoms with E-state index in [4.69, 9.17) is 5.11 Å². The molecule has 6 heteroatoms. The number of halogens is 3. The molecule has 0 aromatic heterocycles. The van der Waals surface area contributed by atoms with Gasteiger partial charge in [0.05, 0.1) is 6.42 Å². The summed E-state index contributed by atoms with van der Waals surface area (Å²) >= 11 is 0. The molecular weight excluding hydrogens is 285 g/mol. The van der Waals surface area contributed by atoms with E-state index in [1.54, 1.807) is 30.3 Å². The van der Waals surface area contributed by atoms with E-state index in [1.165, 1.54) is 18.2 Å². The summed E-state index contributed by atoms with van der Waals surface area (Å²) in [5, 5.41) is 8.76. The number of benzene rings is 2. The van der Waals surface area contributed by atoms with Crippen LogP contribution in [-0.2, 0) is 11.2 Å². The van der Waals surface area contributed by atoms with E-state index in [2.05, 4.69) is 4.74 Å². The van der Waals surface area contributed by atoms with E-state index in [-0.39, 0.29) is 12.2 Å². The number of alkyl halides is 3. The molecule has 2 rings (SSSR count). The van der Waals surface area contributed by atoms with E-state index in [9.17, 15) is 18.0 Å². The molecule has 0 spiro atoms. The van der Waals surface area contributed by atoms with Crippen LogP contribution in [0.5, 0.6) is 5.75 Å². The topological polar surface area (TPSA) is 46.5 Å². The lowest BCUT2D eigenvalue weighted by Gasteiger charge is -2.10. The van der Waals surface area contributed by atoms with E-state index >= 15 is 0 Å². The molecule has 0 saturated carbocycles. The quantitative estimate of drug-likeness (QED) is 0.931. The monoisotopic (exact) mass is 296 g/mol. The maximum absolute atomic E-state index is 12.2. The molecule has 3 nitrogen and oxygen atoms in total. The van der Waals surface area contributed by atoms with Crippen LogP contribution in [0.25, 0.3) is 11.1 Å². The van der Waals surface area contributed by atoms with Crippen LogP contribution < -0.4 is 4.74 Å². The minimum Gasteiger partial charge on any atom is -0.481 e. The fourth-order valence-corrected chi connectivity index (χ4v) is 1.91. The van der Waals surface area contributed by atoms with Crippen LogP contribution in [0.3, 0.4) is 0 Å². The highest BCUT2D eigenvalue weighted by Crippen LogP contribution is 2.28. The Balaban J connectivity index is 2.29. The van der Waals surface area contributed by atoms with Crippen LogP contribution in [-0.4, -0.2) is 17.4 Å². The van der Waals surface area contributed by atoms with Gasteiger partial charge in [-0.05, 0) is 28.8 Å². The average molecular weight is 296 g/mol. The Hall–Kier alpha value is -2.50. The van der Waals surface area contributed by atoms with Crippen molar-refractivity contribution in [3.05, 3.63) is 54.1 Å². The normalized spacial score (nSPS) is 11.2. The van der Waals surface area contributed by atoms with Crippen molar-refractivity contribution in [1.29, 1.82) is 0 Å². The molecule has 1 N–H and O–H groups in total. The van der Waals surface area contributed by atoms with E-state index in [1.807, 2.05) is 0 Å². The van der Waals surface area contributed by atoms with Crippen molar-refractivity contribution < 1.29 is 27.8 Å². The molecule has 0 unspecified atom stereocenters. The van der Waals surface area contributed by atoms with Gasteiger partial charge >= 0.3 is 12.3 Å². The third-order valence-electron chi connectivity index (χ3n) is 2.68. The van der Waals surface area contributed by atoms with Gasteiger partial charge in [-0.25, -0.2) is 0 Å². The summed E-state index contributed by atoms with van der Waals surface area (Å²) < 4.78 is 40.5. The van der Waals surface area contributed by atoms with Gasteiger partial charge in [0.1, 0.15) is 5.75 Å². The van der Waals surface area contributed by atoms with Gasteiger partial charge in [-0.15, -0.1) is 13.2 Å². The largest absolute Gasteiger partial charge is 0.573 e. The Morgan fingerprint density at radius 1 is 1.05 bits per heavy atom. The van der Waals surface area contributed by atoms with E-state index < -0.39 is 12.3 Å². The second kappa shape index (κ2) is 5.87. The predicted molar refractivity (Wildman–Crippen MR) is 69.9 cm³/mol. The molecule has 21 heavy (non-hydrogen) atoms. The van der Waals surface area contributed by atoms with Gasteiger partial charge in [0.2, 0.25) is 0 Å². The third-order valence-corrected chi connectivity index (χ3v) is 2.68. The second-order valence-electron chi connectivity index (χ2n) is 4.35. The molecule has 0 radical (unpaired) electrons. The summed E-state index contributed by atoms with van der Waals surface area (Å²) in [7, 11) is 0. The van der Waals surface area contributed by atoms with Crippen LogP contribution in [0.2, 0.25) is 0 Å². The zero-order chi connectivity index (χ0) is 15.5. The van der Waals surface area contributed by atoms with Crippen molar-refractivity contribution in [2.45, 2.75) is 12.8 Å². The molecule has 0 heterocycles. The van der Waals surface area contributed by atoms with Gasteiger partial charge in [0.15, 0.2) is 0 Å². The Kier molecular flexibility index (Phi) is 4.16. The smallest absolute Gasteiger partial charge is 0.481 e. The van der Waals surface area contributed by atoms with Crippen molar-refractivity contribution in [2.24, 2.45) is 0 Å². The van der Waals surface area contributed by atoms with Gasteiger partial charge in [-0.2, -0.15) is 0 Å². The lowest BCUT2D eigenvalue weighted by molar-refractivity contribution is -0.274. The van der Waals surface area contributed by atoms with Crippen molar-refractivity contribution in [2.75, 3.05) is 0 Å². The number of aliphatic carboxylic acids is 1. The standard InChI is InChI=1S/C15H11F3O3/c16-15(17,18)21-13-6-2-5-12(9-13)11-4-1-3-10(7-11)8-14(19)20/h1-7,9H,8H2,(H,19,20). The van der Waals surface area contributed by atoms with Crippen LogP contribution in [0, 0.1) is 0 Å². The Morgan fingerprint density at radius 3 is 2.29 bits per heavy atom. The number of rotatable bonds is 4. The molecule has 0 atom stereocenters. The highest BCUT2D eigenvalue weighted by molar-refractivity contribution is 5.72. The maximum Gasteiger partial charge on any atom is 0.573 e. The zero-order valence-electron chi connectivity index (χ0n) is 10.7. The minimum atomic E-state index is -4.75. The first-order valence-electron chi connectivity index (χ1n) is 6.00. The fourth-order valence-electron chi connectivity index (χ4n) is 1.91. The number of hydrogen-bond donors (Lipinski definition) is 1. The number of hydrogen-bond acceptors (Lipinski definition) is 2. The maximum atomic E-state index is 12.2. The van der Waals surface area contributed by atoms with Crippen LogP contribution in [0.1, 0.15) is 5.56 Å². The van der Waals surface area contributed by atoms with Crippen molar-refractivity contribution in [3.8, 4) is 16.9 Å². The molecule has 0 amide bonds. The summed E-state index contributed by atoms with van der Waals surface area (Å²) in [6.45, 7) is 0. The summed E-state index contributed by atoms with van der Waals surface area (Å²) in [5.74, 6) is -1.29. The summed E-state index contributed by atoms with van der Waals surface area (Å²) in [6, 6.07) is 12.2. The summed E-state index contributed by atoms with van der Waals surface area (Å²) in [4.78, 5) is 10.7. The molecular formula is C15H11F3O3. The average Bonchev–Trinajstić information content (AvgIpc) is 2.36. The first-order chi connectivity index (χ1) is 9.83. The molecule has 0 aliphatic heterocycles. The highest BCUT2D eigenvalue weighted by atomic mass is 19.4. The van der Waals surface area contributed by atoms with E-state index in [0.717, 1.165) is 0 Å². The number of carboxylic acid groups (broad SMARTS) is 1. The van der Waals surface area contributed by atoms with Gasteiger partial charge in [0, 0.05) is 0 Å². The van der Waals surface area contributed by atoms with Crippen LogP contribution in [0.4, 0.5) is 13.2 Å². The number of ether oxygens (including phenoxy) is 1. The molecule has 0 saturated heterocycles.